The van der Waals surface area contributed by atoms with E-state index in [2.05, 4.69) is 50.1 Å². The maximum atomic E-state index is 6.18. The second-order valence-corrected chi connectivity index (χ2v) is 5.71. The monoisotopic (exact) mass is 243 g/mol. The zero-order chi connectivity index (χ0) is 13.2. The normalized spacial score (nSPS) is 13.6. The van der Waals surface area contributed by atoms with Gasteiger partial charge in [0.25, 0.3) is 0 Å². The van der Waals surface area contributed by atoms with Gasteiger partial charge in [-0.1, -0.05) is 45.0 Å². The first-order valence-electron chi connectivity index (χ1n) is 6.30. The highest BCUT2D eigenvalue weighted by Crippen LogP contribution is 2.23. The molecule has 0 amide bonds. The number of benzene rings is 1. The molecule has 3 heteroatoms. The molecular weight excluding hydrogens is 222 g/mol. The largest absolute Gasteiger partial charge is 0.322 e. The molecule has 1 atom stereocenters. The third kappa shape index (κ3) is 2.99. The summed E-state index contributed by atoms with van der Waals surface area (Å²) in [5.74, 6) is 0. The lowest BCUT2D eigenvalue weighted by Gasteiger charge is -2.20. The third-order valence-electron chi connectivity index (χ3n) is 3.15. The fourth-order valence-electron chi connectivity index (χ4n) is 1.95. The van der Waals surface area contributed by atoms with Crippen LogP contribution in [0.2, 0.25) is 0 Å². The lowest BCUT2D eigenvalue weighted by Crippen LogP contribution is -2.18. The number of aromatic nitrogens is 2. The molecule has 2 N–H and O–H groups in total. The van der Waals surface area contributed by atoms with Gasteiger partial charge in [-0.25, -0.2) is 0 Å². The summed E-state index contributed by atoms with van der Waals surface area (Å²) in [7, 11) is 0. The fourth-order valence-corrected chi connectivity index (χ4v) is 1.95. The average molecular weight is 243 g/mol. The molecule has 0 aliphatic carbocycles. The summed E-state index contributed by atoms with van der Waals surface area (Å²) in [5, 5.41) is 4.18. The predicted molar refractivity (Wildman–Crippen MR) is 74.3 cm³/mol. The topological polar surface area (TPSA) is 43.8 Å². The van der Waals surface area contributed by atoms with Crippen LogP contribution >= 0.6 is 0 Å². The van der Waals surface area contributed by atoms with Crippen LogP contribution in [0.3, 0.4) is 0 Å². The molecule has 0 fully saturated rings. The van der Waals surface area contributed by atoms with Gasteiger partial charge in [0.1, 0.15) is 0 Å². The average Bonchev–Trinajstić information content (AvgIpc) is 2.81. The lowest BCUT2D eigenvalue weighted by molar-refractivity contribution is 0.526. The van der Waals surface area contributed by atoms with Crippen molar-refractivity contribution >= 4 is 0 Å². The van der Waals surface area contributed by atoms with Crippen LogP contribution in [0, 0.1) is 0 Å². The van der Waals surface area contributed by atoms with Crippen molar-refractivity contribution in [1.82, 2.24) is 9.78 Å². The summed E-state index contributed by atoms with van der Waals surface area (Å²) in [6.45, 7) is 7.35. The minimum Gasteiger partial charge on any atom is -0.322 e. The summed E-state index contributed by atoms with van der Waals surface area (Å²) < 4.78 is 1.86. The minimum absolute atomic E-state index is 0.0149. The van der Waals surface area contributed by atoms with Crippen LogP contribution in [-0.2, 0) is 12.0 Å². The minimum atomic E-state index is -0.0149. The Balaban J connectivity index is 2.10. The first-order chi connectivity index (χ1) is 8.47. The van der Waals surface area contributed by atoms with E-state index in [1.54, 1.807) is 6.20 Å². The van der Waals surface area contributed by atoms with Crippen LogP contribution < -0.4 is 5.73 Å². The van der Waals surface area contributed by atoms with Gasteiger partial charge in [0.05, 0.1) is 6.54 Å². The summed E-state index contributed by atoms with van der Waals surface area (Å²) in [4.78, 5) is 0. The molecule has 1 unspecified atom stereocenters. The van der Waals surface area contributed by atoms with E-state index >= 15 is 0 Å². The molecule has 0 aliphatic heterocycles. The van der Waals surface area contributed by atoms with Crippen molar-refractivity contribution in [2.75, 3.05) is 0 Å². The van der Waals surface area contributed by atoms with E-state index in [-0.39, 0.29) is 11.5 Å². The Morgan fingerprint density at radius 3 is 2.39 bits per heavy atom. The van der Waals surface area contributed by atoms with Crippen LogP contribution in [0.4, 0.5) is 0 Å². The van der Waals surface area contributed by atoms with E-state index in [0.717, 1.165) is 5.56 Å². The maximum Gasteiger partial charge on any atom is 0.0602 e. The summed E-state index contributed by atoms with van der Waals surface area (Å²) in [6, 6.07) is 10.5. The molecule has 1 heterocycles. The Morgan fingerprint density at radius 1 is 1.22 bits per heavy atom. The molecule has 0 saturated carbocycles. The summed E-state index contributed by atoms with van der Waals surface area (Å²) in [5.41, 5.74) is 8.85. The van der Waals surface area contributed by atoms with E-state index in [1.165, 1.54) is 5.56 Å². The highest BCUT2D eigenvalue weighted by molar-refractivity contribution is 5.29. The van der Waals surface area contributed by atoms with Gasteiger partial charge in [-0.15, -0.1) is 0 Å². The Kier molecular flexibility index (Phi) is 3.53. The molecule has 2 aromatic rings. The van der Waals surface area contributed by atoms with Crippen LogP contribution in [0.25, 0.3) is 0 Å². The second-order valence-electron chi connectivity index (χ2n) is 5.71. The quantitative estimate of drug-likeness (QED) is 0.900. The molecular formula is C15H21N3. The molecule has 0 radical (unpaired) electrons. The summed E-state index contributed by atoms with van der Waals surface area (Å²) >= 11 is 0. The number of hydrogen-bond acceptors (Lipinski definition) is 2. The molecule has 0 bridgehead atoms. The van der Waals surface area contributed by atoms with Crippen molar-refractivity contribution in [3.63, 3.8) is 0 Å². The Labute approximate surface area is 109 Å². The molecule has 0 spiro atoms. The van der Waals surface area contributed by atoms with Crippen molar-refractivity contribution in [2.45, 2.75) is 38.8 Å². The zero-order valence-corrected chi connectivity index (χ0v) is 11.3. The SMILES string of the molecule is CC(C)(C)c1ccc(C(N)Cn2cccn2)cc1. The third-order valence-corrected chi connectivity index (χ3v) is 3.15. The van der Waals surface area contributed by atoms with E-state index in [4.69, 9.17) is 5.73 Å². The van der Waals surface area contributed by atoms with E-state index in [0.29, 0.717) is 6.54 Å². The first-order valence-corrected chi connectivity index (χ1v) is 6.30. The maximum absolute atomic E-state index is 6.18. The van der Waals surface area contributed by atoms with Crippen LogP contribution in [0.1, 0.15) is 37.9 Å². The molecule has 96 valence electrons. The van der Waals surface area contributed by atoms with Crippen molar-refractivity contribution < 1.29 is 0 Å². The fraction of sp³-hybridized carbons (Fsp3) is 0.400. The second kappa shape index (κ2) is 4.94. The lowest BCUT2D eigenvalue weighted by atomic mass is 9.86. The number of hydrogen-bond donors (Lipinski definition) is 1. The van der Waals surface area contributed by atoms with Gasteiger partial charge >= 0.3 is 0 Å². The zero-order valence-electron chi connectivity index (χ0n) is 11.3. The van der Waals surface area contributed by atoms with Crippen LogP contribution in [0.5, 0.6) is 0 Å². The highest BCUT2D eigenvalue weighted by atomic mass is 15.3. The Hall–Kier alpha value is -1.61. The van der Waals surface area contributed by atoms with Gasteiger partial charge in [-0.05, 0) is 22.6 Å². The van der Waals surface area contributed by atoms with Gasteiger partial charge in [0.15, 0.2) is 0 Å². The smallest absolute Gasteiger partial charge is 0.0602 e. The van der Waals surface area contributed by atoms with E-state index < -0.39 is 0 Å². The summed E-state index contributed by atoms with van der Waals surface area (Å²) in [6.07, 6.45) is 3.71. The van der Waals surface area contributed by atoms with Gasteiger partial charge in [-0.2, -0.15) is 5.10 Å². The highest BCUT2D eigenvalue weighted by Gasteiger charge is 2.14. The van der Waals surface area contributed by atoms with Crippen molar-refractivity contribution in [3.8, 4) is 0 Å². The molecule has 18 heavy (non-hydrogen) atoms. The Morgan fingerprint density at radius 2 is 1.89 bits per heavy atom. The van der Waals surface area contributed by atoms with Crippen molar-refractivity contribution in [3.05, 3.63) is 53.9 Å². The van der Waals surface area contributed by atoms with Crippen LogP contribution in [-0.4, -0.2) is 9.78 Å². The predicted octanol–water partition coefficient (Wildman–Crippen LogP) is 2.88. The van der Waals surface area contributed by atoms with Gasteiger partial charge in [0, 0.05) is 18.4 Å². The molecule has 3 nitrogen and oxygen atoms in total. The molecule has 2 rings (SSSR count). The van der Waals surface area contributed by atoms with E-state index in [1.807, 2.05) is 16.9 Å². The number of nitrogens with two attached hydrogens (primary N) is 1. The van der Waals surface area contributed by atoms with Crippen molar-refractivity contribution in [1.29, 1.82) is 0 Å². The number of rotatable bonds is 3. The van der Waals surface area contributed by atoms with E-state index in [9.17, 15) is 0 Å². The molecule has 0 aliphatic rings. The molecule has 1 aromatic carbocycles. The van der Waals surface area contributed by atoms with Crippen LogP contribution in [0.15, 0.2) is 42.7 Å². The van der Waals surface area contributed by atoms with Gasteiger partial charge in [0.2, 0.25) is 0 Å². The number of nitrogens with zero attached hydrogens (tertiary/aromatic N) is 2. The van der Waals surface area contributed by atoms with Gasteiger partial charge < -0.3 is 5.73 Å². The first kappa shape index (κ1) is 12.8. The standard InChI is InChI=1S/C15H21N3/c1-15(2,3)13-7-5-12(6-8-13)14(16)11-18-10-4-9-17-18/h4-10,14H,11,16H2,1-3H3. The molecule has 0 saturated heterocycles. The Bertz CT molecular complexity index is 477. The molecule has 1 aromatic heterocycles. The van der Waals surface area contributed by atoms with Gasteiger partial charge in [-0.3, -0.25) is 4.68 Å². The van der Waals surface area contributed by atoms with Crippen molar-refractivity contribution in [2.24, 2.45) is 5.73 Å².